The fourth-order valence-electron chi connectivity index (χ4n) is 2.28. The zero-order valence-corrected chi connectivity index (χ0v) is 15.2. The van der Waals surface area contributed by atoms with Gasteiger partial charge in [0.25, 0.3) is 20.3 Å². The molecule has 2 rings (SSSR count). The van der Waals surface area contributed by atoms with Gasteiger partial charge in [-0.25, -0.2) is 4.72 Å². The van der Waals surface area contributed by atoms with Crippen LogP contribution in [0.3, 0.4) is 0 Å². The van der Waals surface area contributed by atoms with Crippen molar-refractivity contribution in [3.63, 3.8) is 0 Å². The lowest BCUT2D eigenvalue weighted by Crippen LogP contribution is -2.47. The zero-order valence-electron chi connectivity index (χ0n) is 18.6. The molecule has 1 aliphatic heterocycles. The molecule has 2 atom stereocenters. The minimum Gasteiger partial charge on any atom is -0.374 e. The molecule has 0 bridgehead atoms. The van der Waals surface area contributed by atoms with Crippen molar-refractivity contribution >= 4 is 20.3 Å². The Morgan fingerprint density at radius 2 is 2.00 bits per heavy atom. The number of hydrogen-bond donors (Lipinski definition) is 2. The van der Waals surface area contributed by atoms with E-state index in [1.807, 2.05) is 6.92 Å². The van der Waals surface area contributed by atoms with Gasteiger partial charge in [-0.2, -0.15) is 21.6 Å². The molecule has 1 aliphatic rings. The summed E-state index contributed by atoms with van der Waals surface area (Å²) in [4.78, 5) is 0.0177. The van der Waals surface area contributed by atoms with Crippen LogP contribution >= 0.6 is 0 Å². The minimum absolute atomic E-state index is 0.0177. The smallest absolute Gasteiger partial charge is 0.297 e. The summed E-state index contributed by atoms with van der Waals surface area (Å²) in [6.45, 7) is -4.86. The van der Waals surface area contributed by atoms with Crippen LogP contribution in [0.2, 0.25) is 0 Å². The first-order valence-electron chi connectivity index (χ1n) is 10.0. The van der Waals surface area contributed by atoms with Crippen molar-refractivity contribution in [2.24, 2.45) is 0 Å². The van der Waals surface area contributed by atoms with E-state index in [0.717, 1.165) is 5.56 Å². The lowest BCUT2D eigenvalue weighted by molar-refractivity contribution is -0.0212. The molecule has 0 radical (unpaired) electrons. The van der Waals surface area contributed by atoms with E-state index < -0.39 is 45.8 Å². The van der Waals surface area contributed by atoms with Crippen LogP contribution in [0.15, 0.2) is 29.2 Å². The van der Waals surface area contributed by atoms with Crippen molar-refractivity contribution < 1.29 is 32.6 Å². The predicted molar refractivity (Wildman–Crippen MR) is 92.8 cm³/mol. The average Bonchev–Trinajstić information content (AvgIpc) is 2.59. The Bertz CT molecular complexity index is 927. The summed E-state index contributed by atoms with van der Waals surface area (Å²) in [7, 11) is -8.41. The topological polar surface area (TPSA) is 111 Å². The Labute approximate surface area is 156 Å². The molecular formula is C15H24N2O6S2. The molecule has 10 heteroatoms. The van der Waals surface area contributed by atoms with Gasteiger partial charge in [0.05, 0.1) is 24.2 Å². The average molecular weight is 398 g/mol. The van der Waals surface area contributed by atoms with E-state index in [0.29, 0.717) is 0 Å². The lowest BCUT2D eigenvalue weighted by atomic mass is 10.1. The Balaban J connectivity index is 1.84. The summed E-state index contributed by atoms with van der Waals surface area (Å²) in [6, 6.07) is 5.42. The second-order valence-electron chi connectivity index (χ2n) is 5.63. The SMILES string of the molecule is [2H]C([2H])([2H])C([2H])([2H])NS(=O)(=O)N[C@@H]1CC[C@@H](COS(=O)(=O)c2ccc(C)cc2)OC1. The monoisotopic (exact) mass is 397 g/mol. The molecule has 1 fully saturated rings. The number of nitrogens with one attached hydrogen (secondary N) is 2. The van der Waals surface area contributed by atoms with E-state index >= 15 is 0 Å². The van der Waals surface area contributed by atoms with Gasteiger partial charge in [0, 0.05) is 19.4 Å². The summed E-state index contributed by atoms with van der Waals surface area (Å²) in [5.41, 5.74) is 0.902. The number of aryl methyl sites for hydroxylation is 1. The molecule has 8 nitrogen and oxygen atoms in total. The first-order chi connectivity index (χ1) is 13.6. The molecule has 2 N–H and O–H groups in total. The van der Waals surface area contributed by atoms with E-state index in [9.17, 15) is 16.8 Å². The number of rotatable bonds is 8. The van der Waals surface area contributed by atoms with Crippen LogP contribution in [-0.2, 0) is 29.2 Å². The molecule has 142 valence electrons. The molecule has 0 unspecified atom stereocenters. The highest BCUT2D eigenvalue weighted by Gasteiger charge is 2.27. The summed E-state index contributed by atoms with van der Waals surface area (Å²) in [6.07, 6.45) is -0.0354. The van der Waals surface area contributed by atoms with E-state index in [-0.39, 0.29) is 31.0 Å². The van der Waals surface area contributed by atoms with Gasteiger partial charge in [-0.1, -0.05) is 24.5 Å². The third-order valence-electron chi connectivity index (χ3n) is 3.60. The van der Waals surface area contributed by atoms with Crippen molar-refractivity contribution in [3.05, 3.63) is 29.8 Å². The van der Waals surface area contributed by atoms with Crippen molar-refractivity contribution in [1.82, 2.24) is 9.44 Å². The maximum atomic E-state index is 12.2. The summed E-state index contributed by atoms with van der Waals surface area (Å²) in [5, 5.41) is 0. The maximum absolute atomic E-state index is 12.2. The predicted octanol–water partition coefficient (Wildman–Crippen LogP) is 0.692. The molecule has 1 aromatic rings. The number of hydrogen-bond acceptors (Lipinski definition) is 6. The molecule has 0 saturated carbocycles. The van der Waals surface area contributed by atoms with E-state index in [1.54, 1.807) is 12.1 Å². The fourth-order valence-corrected chi connectivity index (χ4v) is 4.04. The molecule has 1 saturated heterocycles. The Morgan fingerprint density at radius 3 is 2.60 bits per heavy atom. The molecule has 1 aromatic carbocycles. The third kappa shape index (κ3) is 6.32. The van der Waals surface area contributed by atoms with Crippen LogP contribution in [-0.4, -0.2) is 48.7 Å². The standard InChI is InChI=1S/C15H24N2O6S2/c1-3-16-25(20,21)17-13-6-7-14(22-10-13)11-23-24(18,19)15-8-4-12(2)5-9-15/h4-5,8-9,13-14,16-17H,3,6-7,10-11H2,1-2H3/t13-,14+/m1/s1/i1D3,3D2. The highest BCUT2D eigenvalue weighted by Crippen LogP contribution is 2.18. The van der Waals surface area contributed by atoms with Gasteiger partial charge in [-0.05, 0) is 31.9 Å². The first-order valence-corrected chi connectivity index (χ1v) is 10.4. The van der Waals surface area contributed by atoms with Crippen LogP contribution in [0, 0.1) is 6.92 Å². The van der Waals surface area contributed by atoms with Gasteiger partial charge >= 0.3 is 0 Å². The van der Waals surface area contributed by atoms with Crippen LogP contribution in [0.25, 0.3) is 0 Å². The van der Waals surface area contributed by atoms with Gasteiger partial charge in [-0.15, -0.1) is 0 Å². The van der Waals surface area contributed by atoms with E-state index in [1.165, 1.54) is 16.9 Å². The fraction of sp³-hybridized carbons (Fsp3) is 0.600. The van der Waals surface area contributed by atoms with Gasteiger partial charge in [0.15, 0.2) is 0 Å². The second-order valence-corrected chi connectivity index (χ2v) is 8.69. The summed E-state index contributed by atoms with van der Waals surface area (Å²) < 4.78 is 98.3. The molecule has 25 heavy (non-hydrogen) atoms. The second kappa shape index (κ2) is 8.56. The van der Waals surface area contributed by atoms with Crippen molar-refractivity contribution in [1.29, 1.82) is 0 Å². The molecule has 0 spiro atoms. The number of benzene rings is 1. The maximum Gasteiger partial charge on any atom is 0.297 e. The molecule has 0 amide bonds. The van der Waals surface area contributed by atoms with Gasteiger partial charge in [0.2, 0.25) is 0 Å². The van der Waals surface area contributed by atoms with E-state index in [2.05, 4.69) is 4.72 Å². The zero-order chi connectivity index (χ0) is 22.8. The van der Waals surface area contributed by atoms with Crippen LogP contribution in [0.1, 0.15) is 32.1 Å². The summed E-state index contributed by atoms with van der Waals surface area (Å²) >= 11 is 0. The molecule has 1 heterocycles. The van der Waals surface area contributed by atoms with Crippen molar-refractivity contribution in [2.45, 2.75) is 43.7 Å². The van der Waals surface area contributed by atoms with Crippen molar-refractivity contribution in [3.8, 4) is 0 Å². The summed E-state index contributed by atoms with van der Waals surface area (Å²) in [5.74, 6) is 0. The minimum atomic E-state index is -4.46. The Hall–Kier alpha value is -1.04. The third-order valence-corrected chi connectivity index (χ3v) is 5.91. The van der Waals surface area contributed by atoms with Crippen LogP contribution in [0.5, 0.6) is 0 Å². The molecule has 0 aromatic heterocycles. The Kier molecular flexibility index (Phi) is 4.82. The quantitative estimate of drug-likeness (QED) is 0.625. The van der Waals surface area contributed by atoms with Gasteiger partial charge < -0.3 is 4.74 Å². The van der Waals surface area contributed by atoms with Gasteiger partial charge in [-0.3, -0.25) is 4.18 Å². The first kappa shape index (κ1) is 14.1. The van der Waals surface area contributed by atoms with Crippen LogP contribution in [0.4, 0.5) is 0 Å². The highest BCUT2D eigenvalue weighted by molar-refractivity contribution is 7.87. The normalized spacial score (nSPS) is 26.0. The molecular weight excluding hydrogens is 368 g/mol. The van der Waals surface area contributed by atoms with E-state index in [4.69, 9.17) is 15.8 Å². The highest BCUT2D eigenvalue weighted by atomic mass is 32.2. The Morgan fingerprint density at radius 1 is 1.28 bits per heavy atom. The lowest BCUT2D eigenvalue weighted by Gasteiger charge is -2.29. The van der Waals surface area contributed by atoms with Gasteiger partial charge in [0.1, 0.15) is 0 Å². The largest absolute Gasteiger partial charge is 0.374 e. The van der Waals surface area contributed by atoms with Crippen molar-refractivity contribution in [2.75, 3.05) is 19.7 Å². The number of ether oxygens (including phenoxy) is 1. The molecule has 0 aliphatic carbocycles. The van der Waals surface area contributed by atoms with Crippen LogP contribution < -0.4 is 9.44 Å².